The van der Waals surface area contributed by atoms with Gasteiger partial charge in [-0.2, -0.15) is 0 Å². The van der Waals surface area contributed by atoms with Crippen LogP contribution in [0.1, 0.15) is 5.56 Å². The van der Waals surface area contributed by atoms with E-state index in [1.165, 1.54) is 6.07 Å². The van der Waals surface area contributed by atoms with Crippen molar-refractivity contribution in [3.8, 4) is 11.1 Å². The second-order valence-electron chi connectivity index (χ2n) is 3.84. The van der Waals surface area contributed by atoms with Gasteiger partial charge >= 0.3 is 0 Å². The molecule has 0 saturated heterocycles. The molecule has 1 N–H and O–H groups in total. The number of hydrogen-bond acceptors (Lipinski definition) is 1. The van der Waals surface area contributed by atoms with Gasteiger partial charge in [0.2, 0.25) is 0 Å². The Hall–Kier alpha value is -1.38. The fourth-order valence-electron chi connectivity index (χ4n) is 1.82. The molecule has 0 aliphatic carbocycles. The summed E-state index contributed by atoms with van der Waals surface area (Å²) in [7, 11) is 1.87. The quantitative estimate of drug-likeness (QED) is 0.871. The Balaban J connectivity index is 2.52. The minimum Gasteiger partial charge on any atom is -0.316 e. The van der Waals surface area contributed by atoms with Crippen LogP contribution in [-0.4, -0.2) is 7.05 Å². The minimum absolute atomic E-state index is 0.236. The summed E-state index contributed by atoms with van der Waals surface area (Å²) >= 11 is 5.95. The van der Waals surface area contributed by atoms with Gasteiger partial charge < -0.3 is 5.32 Å². The largest absolute Gasteiger partial charge is 0.316 e. The molecule has 17 heavy (non-hydrogen) atoms. The molecule has 0 heterocycles. The third-order valence-corrected chi connectivity index (χ3v) is 2.81. The summed E-state index contributed by atoms with van der Waals surface area (Å²) < 4.78 is 13.3. The van der Waals surface area contributed by atoms with Gasteiger partial charge in [0.15, 0.2) is 0 Å². The number of rotatable bonds is 3. The molecule has 0 bridgehead atoms. The van der Waals surface area contributed by atoms with Crippen molar-refractivity contribution >= 4 is 11.6 Å². The number of benzene rings is 2. The lowest BCUT2D eigenvalue weighted by molar-refractivity contribution is 0.627. The third kappa shape index (κ3) is 2.84. The van der Waals surface area contributed by atoms with Crippen molar-refractivity contribution in [2.45, 2.75) is 6.54 Å². The van der Waals surface area contributed by atoms with Crippen molar-refractivity contribution in [1.29, 1.82) is 0 Å². The van der Waals surface area contributed by atoms with Gasteiger partial charge in [0.25, 0.3) is 0 Å². The Morgan fingerprint density at radius 1 is 1.18 bits per heavy atom. The lowest BCUT2D eigenvalue weighted by atomic mass is 9.99. The molecule has 0 aromatic heterocycles. The van der Waals surface area contributed by atoms with Crippen LogP contribution < -0.4 is 5.32 Å². The molecular formula is C14H13ClFN. The van der Waals surface area contributed by atoms with E-state index < -0.39 is 0 Å². The van der Waals surface area contributed by atoms with E-state index in [2.05, 4.69) is 5.32 Å². The number of halogens is 2. The van der Waals surface area contributed by atoms with Crippen LogP contribution in [0.4, 0.5) is 4.39 Å². The maximum absolute atomic E-state index is 13.3. The van der Waals surface area contributed by atoms with Crippen molar-refractivity contribution in [3.05, 3.63) is 58.9 Å². The molecule has 0 atom stereocenters. The molecule has 0 aliphatic heterocycles. The molecule has 0 spiro atoms. The molecule has 1 nitrogen and oxygen atoms in total. The average Bonchev–Trinajstić information content (AvgIpc) is 2.32. The van der Waals surface area contributed by atoms with Gasteiger partial charge in [-0.1, -0.05) is 29.8 Å². The first-order chi connectivity index (χ1) is 8.20. The molecular weight excluding hydrogens is 237 g/mol. The lowest BCUT2D eigenvalue weighted by Crippen LogP contribution is -2.06. The van der Waals surface area contributed by atoms with E-state index in [-0.39, 0.29) is 5.82 Å². The van der Waals surface area contributed by atoms with Crippen molar-refractivity contribution in [2.24, 2.45) is 0 Å². The van der Waals surface area contributed by atoms with Gasteiger partial charge in [-0.05, 0) is 48.0 Å². The van der Waals surface area contributed by atoms with Crippen molar-refractivity contribution < 1.29 is 4.39 Å². The van der Waals surface area contributed by atoms with Crippen molar-refractivity contribution in [2.75, 3.05) is 7.05 Å². The zero-order chi connectivity index (χ0) is 12.3. The summed E-state index contributed by atoms with van der Waals surface area (Å²) in [5, 5.41) is 3.73. The predicted molar refractivity (Wildman–Crippen MR) is 69.6 cm³/mol. The summed E-state index contributed by atoms with van der Waals surface area (Å²) in [5.74, 6) is -0.236. The second kappa shape index (κ2) is 5.30. The van der Waals surface area contributed by atoms with Crippen LogP contribution in [-0.2, 0) is 6.54 Å². The van der Waals surface area contributed by atoms with Gasteiger partial charge in [-0.15, -0.1) is 0 Å². The van der Waals surface area contributed by atoms with Gasteiger partial charge in [-0.3, -0.25) is 0 Å². The highest BCUT2D eigenvalue weighted by Crippen LogP contribution is 2.27. The van der Waals surface area contributed by atoms with Gasteiger partial charge in [0, 0.05) is 11.6 Å². The monoisotopic (exact) mass is 249 g/mol. The number of nitrogens with one attached hydrogen (secondary N) is 1. The maximum Gasteiger partial charge on any atom is 0.123 e. The number of hydrogen-bond donors (Lipinski definition) is 1. The van der Waals surface area contributed by atoms with Crippen LogP contribution >= 0.6 is 11.6 Å². The van der Waals surface area contributed by atoms with Crippen molar-refractivity contribution in [3.63, 3.8) is 0 Å². The van der Waals surface area contributed by atoms with E-state index in [1.54, 1.807) is 12.1 Å². The molecule has 2 rings (SSSR count). The molecule has 0 saturated carbocycles. The zero-order valence-electron chi connectivity index (χ0n) is 9.50. The fourth-order valence-corrected chi connectivity index (χ4v) is 2.01. The Labute approximate surface area is 105 Å². The molecule has 0 amide bonds. The summed E-state index contributed by atoms with van der Waals surface area (Å²) in [6, 6.07) is 12.3. The third-order valence-electron chi connectivity index (χ3n) is 2.57. The summed E-state index contributed by atoms with van der Waals surface area (Å²) in [6.45, 7) is 0.697. The first-order valence-corrected chi connectivity index (χ1v) is 5.77. The minimum atomic E-state index is -0.236. The Kier molecular flexibility index (Phi) is 3.77. The molecule has 0 fully saturated rings. The highest BCUT2D eigenvalue weighted by atomic mass is 35.5. The highest BCUT2D eigenvalue weighted by Gasteiger charge is 2.06. The normalized spacial score (nSPS) is 10.5. The van der Waals surface area contributed by atoms with Crippen LogP contribution in [0.2, 0.25) is 5.02 Å². The molecule has 0 unspecified atom stereocenters. The Morgan fingerprint density at radius 2 is 2.00 bits per heavy atom. The fraction of sp³-hybridized carbons (Fsp3) is 0.143. The molecule has 2 aromatic carbocycles. The van der Waals surface area contributed by atoms with Gasteiger partial charge in [0.05, 0.1) is 0 Å². The van der Waals surface area contributed by atoms with E-state index >= 15 is 0 Å². The molecule has 0 aliphatic rings. The van der Waals surface area contributed by atoms with E-state index in [0.29, 0.717) is 11.6 Å². The predicted octanol–water partition coefficient (Wildman–Crippen LogP) is 3.87. The Morgan fingerprint density at radius 3 is 2.71 bits per heavy atom. The van der Waals surface area contributed by atoms with Crippen LogP contribution in [0.25, 0.3) is 11.1 Å². The summed E-state index contributed by atoms with van der Waals surface area (Å²) in [5.41, 5.74) is 2.86. The van der Waals surface area contributed by atoms with Crippen LogP contribution in [0.3, 0.4) is 0 Å². The zero-order valence-corrected chi connectivity index (χ0v) is 10.3. The maximum atomic E-state index is 13.3. The Bertz CT molecular complexity index is 525. The highest BCUT2D eigenvalue weighted by molar-refractivity contribution is 6.30. The topological polar surface area (TPSA) is 12.0 Å². The standard InChI is InChI=1S/C14H13ClFN/c1-17-9-11-5-6-13(16)8-14(11)10-3-2-4-12(15)7-10/h2-8,17H,9H2,1H3. The summed E-state index contributed by atoms with van der Waals surface area (Å²) in [6.07, 6.45) is 0. The second-order valence-corrected chi connectivity index (χ2v) is 4.28. The molecule has 0 radical (unpaired) electrons. The van der Waals surface area contributed by atoms with Crippen LogP contribution in [0.15, 0.2) is 42.5 Å². The smallest absolute Gasteiger partial charge is 0.123 e. The van der Waals surface area contributed by atoms with Crippen LogP contribution in [0, 0.1) is 5.82 Å². The summed E-state index contributed by atoms with van der Waals surface area (Å²) in [4.78, 5) is 0. The van der Waals surface area contributed by atoms with Crippen molar-refractivity contribution in [1.82, 2.24) is 5.32 Å². The molecule has 88 valence electrons. The van der Waals surface area contributed by atoms with Gasteiger partial charge in [0.1, 0.15) is 5.82 Å². The van der Waals surface area contributed by atoms with Gasteiger partial charge in [-0.25, -0.2) is 4.39 Å². The molecule has 2 aromatic rings. The van der Waals surface area contributed by atoms with E-state index in [9.17, 15) is 4.39 Å². The van der Waals surface area contributed by atoms with Crippen LogP contribution in [0.5, 0.6) is 0 Å². The molecule has 3 heteroatoms. The van der Waals surface area contributed by atoms with E-state index in [1.807, 2.05) is 31.3 Å². The lowest BCUT2D eigenvalue weighted by Gasteiger charge is -2.10. The van der Waals surface area contributed by atoms with E-state index in [4.69, 9.17) is 11.6 Å². The first kappa shape index (κ1) is 12.1. The first-order valence-electron chi connectivity index (χ1n) is 5.39. The van der Waals surface area contributed by atoms with E-state index in [0.717, 1.165) is 16.7 Å². The SMILES string of the molecule is CNCc1ccc(F)cc1-c1cccc(Cl)c1. The average molecular weight is 250 g/mol.